The van der Waals surface area contributed by atoms with Gasteiger partial charge in [-0.3, -0.25) is 14.2 Å². The lowest BCUT2D eigenvalue weighted by Gasteiger charge is -2.18. The monoisotopic (exact) mass is 227 g/mol. The minimum Gasteiger partial charge on any atom is -0.400 e. The van der Waals surface area contributed by atoms with Crippen molar-refractivity contribution in [3.05, 3.63) is 11.6 Å². The first-order valence-corrected chi connectivity index (χ1v) is 6.43. The summed E-state index contributed by atoms with van der Waals surface area (Å²) in [6.45, 7) is 5.71. The van der Waals surface area contributed by atoms with Gasteiger partial charge in [-0.1, -0.05) is 13.3 Å². The largest absolute Gasteiger partial charge is 0.400 e. The van der Waals surface area contributed by atoms with Crippen molar-refractivity contribution in [3.8, 4) is 0 Å². The fourth-order valence-corrected chi connectivity index (χ4v) is 2.61. The van der Waals surface area contributed by atoms with E-state index in [0.717, 1.165) is 12.8 Å². The van der Waals surface area contributed by atoms with Crippen LogP contribution in [0.2, 0.25) is 0 Å². The summed E-state index contributed by atoms with van der Waals surface area (Å²) in [5.74, 6) is -0.400. The summed E-state index contributed by atoms with van der Waals surface area (Å²) < 4.78 is 6.81. The number of amides is 2. The van der Waals surface area contributed by atoms with Gasteiger partial charge in [0.1, 0.15) is 0 Å². The second kappa shape index (κ2) is 5.23. The van der Waals surface area contributed by atoms with Crippen LogP contribution in [0.4, 0.5) is 0 Å². The van der Waals surface area contributed by atoms with E-state index >= 15 is 0 Å². The fraction of sp³-hybridized carbons (Fsp3) is 0.600. The molecule has 0 saturated heterocycles. The Morgan fingerprint density at radius 3 is 2.67 bits per heavy atom. The molecule has 0 aromatic rings. The molecule has 0 aliphatic carbocycles. The van der Waals surface area contributed by atoms with E-state index in [0.29, 0.717) is 5.57 Å². The Bertz CT molecular complexity index is 301. The van der Waals surface area contributed by atoms with Crippen LogP contribution in [0, 0.1) is 0 Å². The van der Waals surface area contributed by atoms with Crippen LogP contribution in [0.3, 0.4) is 0 Å². The maximum atomic E-state index is 11.5. The third-order valence-corrected chi connectivity index (χ3v) is 3.95. The molecular weight excluding hydrogens is 210 g/mol. The average molecular weight is 227 g/mol. The van der Waals surface area contributed by atoms with E-state index in [2.05, 4.69) is 6.92 Å². The molecule has 15 heavy (non-hydrogen) atoms. The molecule has 5 heteroatoms. The van der Waals surface area contributed by atoms with Gasteiger partial charge in [-0.15, -0.1) is 0 Å². The zero-order valence-electron chi connectivity index (χ0n) is 9.45. The Morgan fingerprint density at radius 2 is 2.20 bits per heavy atom. The first-order valence-electron chi connectivity index (χ1n) is 5.22. The van der Waals surface area contributed by atoms with Crippen molar-refractivity contribution in [3.63, 3.8) is 0 Å². The van der Waals surface area contributed by atoms with E-state index in [1.165, 1.54) is 10.6 Å². The molecule has 84 valence electrons. The van der Waals surface area contributed by atoms with E-state index < -0.39 is 9.92 Å². The van der Waals surface area contributed by atoms with Gasteiger partial charge in [0, 0.05) is 17.8 Å². The molecule has 0 saturated carbocycles. The van der Waals surface area contributed by atoms with Crippen LogP contribution in [-0.4, -0.2) is 32.4 Å². The number of imide groups is 1. The number of carbonyl (C=O) groups excluding carboxylic acids is 2. The van der Waals surface area contributed by atoms with Gasteiger partial charge >= 0.3 is 0 Å². The summed E-state index contributed by atoms with van der Waals surface area (Å²) in [7, 11) is -1.22. The Labute approximate surface area is 92.3 Å². The summed E-state index contributed by atoms with van der Waals surface area (Å²) in [6, 6.07) is 0. The smallest absolute Gasteiger partial charge is 0.278 e. The third-order valence-electron chi connectivity index (χ3n) is 2.37. The number of nitrogens with zero attached hydrogens (tertiary/aromatic N) is 1. The highest BCUT2D eigenvalue weighted by Crippen LogP contribution is 2.11. The van der Waals surface area contributed by atoms with Gasteiger partial charge in [0.25, 0.3) is 9.92 Å². The number of rotatable bonds is 5. The molecule has 4 nitrogen and oxygen atoms in total. The zero-order valence-corrected chi connectivity index (χ0v) is 10.9. The van der Waals surface area contributed by atoms with Gasteiger partial charge in [0.15, 0.2) is 0 Å². The lowest BCUT2D eigenvalue weighted by Crippen LogP contribution is -2.37. The van der Waals surface area contributed by atoms with E-state index in [9.17, 15) is 9.59 Å². The quantitative estimate of drug-likeness (QED) is 0.508. The van der Waals surface area contributed by atoms with Gasteiger partial charge in [-0.2, -0.15) is 0 Å². The normalized spacial score (nSPS) is 19.1. The number of hydrogen-bond donors (Lipinski definition) is 0. The second-order valence-electron chi connectivity index (χ2n) is 3.79. The van der Waals surface area contributed by atoms with Gasteiger partial charge in [-0.05, 0) is 20.3 Å². The molecule has 0 fully saturated rings. The highest BCUT2D eigenvalue weighted by Gasteiger charge is 2.28. The molecule has 0 N–H and O–H groups in total. The minimum atomic E-state index is -1.22. The zero-order chi connectivity index (χ0) is 11.4. The molecule has 0 bridgehead atoms. The third kappa shape index (κ3) is 3.00. The second-order valence-corrected chi connectivity index (χ2v) is 5.02. The summed E-state index contributed by atoms with van der Waals surface area (Å²) in [4.78, 5) is 22.8. The topological polar surface area (TPSA) is 46.6 Å². The van der Waals surface area contributed by atoms with Crippen molar-refractivity contribution in [2.75, 3.05) is 0 Å². The molecule has 1 aliphatic rings. The molecule has 2 amide bonds. The first kappa shape index (κ1) is 12.1. The van der Waals surface area contributed by atoms with Crippen molar-refractivity contribution >= 4 is 21.7 Å². The van der Waals surface area contributed by atoms with E-state index in [-0.39, 0.29) is 17.9 Å². The van der Waals surface area contributed by atoms with Crippen molar-refractivity contribution in [2.24, 2.45) is 0 Å². The Morgan fingerprint density at radius 1 is 1.53 bits per heavy atom. The summed E-state index contributed by atoms with van der Waals surface area (Å²) in [6.07, 6.45) is 3.54. The minimum absolute atomic E-state index is 0.142. The summed E-state index contributed by atoms with van der Waals surface area (Å²) >= 11 is 0. The molecule has 0 aromatic carbocycles. The van der Waals surface area contributed by atoms with Crippen molar-refractivity contribution in [2.45, 2.75) is 39.7 Å². The molecule has 1 unspecified atom stereocenters. The fourth-order valence-electron chi connectivity index (χ4n) is 1.45. The molecule has 0 radical (unpaired) electrons. The van der Waals surface area contributed by atoms with Gasteiger partial charge in [-0.25, -0.2) is 0 Å². The van der Waals surface area contributed by atoms with Crippen LogP contribution in [0.1, 0.15) is 33.6 Å². The molecular formula is C10H17NO3Si. The van der Waals surface area contributed by atoms with Crippen LogP contribution in [0.5, 0.6) is 0 Å². The van der Waals surface area contributed by atoms with Crippen LogP contribution in [-0.2, 0) is 14.0 Å². The van der Waals surface area contributed by atoms with Crippen LogP contribution in [0.15, 0.2) is 11.6 Å². The predicted molar refractivity (Wildman–Crippen MR) is 59.6 cm³/mol. The Balaban J connectivity index is 2.41. The summed E-state index contributed by atoms with van der Waals surface area (Å²) in [5, 5.41) is 0. The van der Waals surface area contributed by atoms with Crippen LogP contribution >= 0.6 is 0 Å². The van der Waals surface area contributed by atoms with E-state index in [1.54, 1.807) is 6.92 Å². The summed E-state index contributed by atoms with van der Waals surface area (Å²) in [5.41, 5.74) is 0.513. The van der Waals surface area contributed by atoms with E-state index in [1.807, 2.05) is 6.92 Å². The Hall–Kier alpha value is -0.943. The Kier molecular flexibility index (Phi) is 4.23. The number of hydrogen-bond acceptors (Lipinski definition) is 3. The molecule has 0 spiro atoms. The molecule has 1 aliphatic heterocycles. The molecule has 1 rings (SSSR count). The lowest BCUT2D eigenvalue weighted by molar-refractivity contribution is -0.132. The SMILES string of the molecule is CCCC(C)O[SiH2]N1C(=O)C=C(C)C1=O. The maximum absolute atomic E-state index is 11.5. The van der Waals surface area contributed by atoms with Crippen molar-refractivity contribution in [1.29, 1.82) is 0 Å². The van der Waals surface area contributed by atoms with Gasteiger partial charge in [0.2, 0.25) is 11.8 Å². The number of carbonyl (C=O) groups is 2. The molecule has 1 heterocycles. The van der Waals surface area contributed by atoms with Gasteiger partial charge < -0.3 is 4.43 Å². The highest BCUT2D eigenvalue weighted by molar-refractivity contribution is 6.41. The standard InChI is InChI=1S/C10H17NO3Si/c1-4-5-8(3)14-15-11-9(12)6-7(2)10(11)13/h6,8H,4-5,15H2,1-3H3. The van der Waals surface area contributed by atoms with Gasteiger partial charge in [0.05, 0.1) is 0 Å². The molecule has 0 aromatic heterocycles. The van der Waals surface area contributed by atoms with Crippen molar-refractivity contribution in [1.82, 2.24) is 4.57 Å². The van der Waals surface area contributed by atoms with Crippen LogP contribution in [0.25, 0.3) is 0 Å². The van der Waals surface area contributed by atoms with E-state index in [4.69, 9.17) is 4.43 Å². The van der Waals surface area contributed by atoms with Crippen molar-refractivity contribution < 1.29 is 14.0 Å². The maximum Gasteiger partial charge on any atom is 0.278 e. The predicted octanol–water partition coefficient (Wildman–Crippen LogP) is 0.505. The lowest BCUT2D eigenvalue weighted by atomic mass is 10.2. The molecule has 1 atom stereocenters. The highest BCUT2D eigenvalue weighted by atomic mass is 28.2. The average Bonchev–Trinajstić information content (AvgIpc) is 2.40. The van der Waals surface area contributed by atoms with Crippen LogP contribution < -0.4 is 0 Å². The first-order chi connectivity index (χ1) is 7.06.